The van der Waals surface area contributed by atoms with Crippen molar-refractivity contribution in [2.75, 3.05) is 5.75 Å². The highest BCUT2D eigenvalue weighted by Gasteiger charge is 2.30. The molecule has 0 heterocycles. The van der Waals surface area contributed by atoms with E-state index < -0.39 is 41.4 Å². The van der Waals surface area contributed by atoms with Gasteiger partial charge in [0.2, 0.25) is 0 Å². The molecule has 4 rings (SSSR count). The second-order valence-corrected chi connectivity index (χ2v) is 10.6. The number of hydrogen-bond acceptors (Lipinski definition) is 5. The molecule has 0 aliphatic carbocycles. The van der Waals surface area contributed by atoms with Crippen molar-refractivity contribution < 1.29 is 41.8 Å². The summed E-state index contributed by atoms with van der Waals surface area (Å²) in [7, 11) is 0. The van der Waals surface area contributed by atoms with Crippen molar-refractivity contribution in [2.24, 2.45) is 0 Å². The summed E-state index contributed by atoms with van der Waals surface area (Å²) >= 11 is 1.29. The summed E-state index contributed by atoms with van der Waals surface area (Å²) < 4.78 is 57.8. The largest absolute Gasteiger partial charge is 0.480 e. The first-order chi connectivity index (χ1) is 21.5. The Labute approximate surface area is 259 Å². The molecule has 0 spiro atoms. The molecule has 45 heavy (non-hydrogen) atoms. The Hall–Kier alpha value is -5.10. The van der Waals surface area contributed by atoms with Gasteiger partial charge in [-0.1, -0.05) is 42.5 Å². The van der Waals surface area contributed by atoms with Crippen LogP contribution in [0.2, 0.25) is 0 Å². The van der Waals surface area contributed by atoms with Crippen LogP contribution in [0, 0.1) is 5.82 Å². The second kappa shape index (κ2) is 15.1. The van der Waals surface area contributed by atoms with E-state index in [-0.39, 0.29) is 17.0 Å². The number of carbonyl (C=O) groups excluding carboxylic acids is 2. The van der Waals surface area contributed by atoms with E-state index >= 15 is 0 Å². The average molecular weight is 639 g/mol. The number of hydrogen-bond donors (Lipinski definition) is 3. The number of nitrogens with one attached hydrogen (secondary N) is 2. The van der Waals surface area contributed by atoms with Crippen LogP contribution < -0.4 is 15.4 Å². The Morgan fingerprint density at radius 2 is 1.44 bits per heavy atom. The first-order valence-electron chi connectivity index (χ1n) is 13.4. The van der Waals surface area contributed by atoms with Gasteiger partial charge in [-0.15, -0.1) is 0 Å². The van der Waals surface area contributed by atoms with E-state index in [0.717, 1.165) is 29.8 Å². The van der Waals surface area contributed by atoms with Crippen LogP contribution in [0.4, 0.5) is 17.6 Å². The second-order valence-electron chi connectivity index (χ2n) is 9.58. The quantitative estimate of drug-likeness (QED) is 0.115. The van der Waals surface area contributed by atoms with Gasteiger partial charge in [-0.2, -0.15) is 24.9 Å². The van der Waals surface area contributed by atoms with Gasteiger partial charge in [0.05, 0.1) is 5.56 Å². The topological polar surface area (TPSA) is 105 Å². The van der Waals surface area contributed by atoms with Crippen molar-refractivity contribution in [3.05, 3.63) is 137 Å². The van der Waals surface area contributed by atoms with Gasteiger partial charge < -0.3 is 20.5 Å². The third kappa shape index (κ3) is 9.97. The molecular formula is C33H26F4N2O5S. The highest BCUT2D eigenvalue weighted by molar-refractivity contribution is 7.98. The molecule has 3 N–H and O–H groups in total. The van der Waals surface area contributed by atoms with Crippen molar-refractivity contribution in [1.82, 2.24) is 10.6 Å². The molecule has 4 aromatic rings. The van der Waals surface area contributed by atoms with Gasteiger partial charge in [-0.05, 0) is 77.9 Å². The Kier molecular flexibility index (Phi) is 11.0. The molecule has 12 heteroatoms. The first-order valence-corrected chi connectivity index (χ1v) is 14.5. The van der Waals surface area contributed by atoms with Crippen molar-refractivity contribution in [1.29, 1.82) is 0 Å². The van der Waals surface area contributed by atoms with Crippen LogP contribution in [0.15, 0.2) is 109 Å². The molecule has 0 unspecified atom stereocenters. The van der Waals surface area contributed by atoms with Gasteiger partial charge >= 0.3 is 12.1 Å². The van der Waals surface area contributed by atoms with Crippen molar-refractivity contribution in [3.8, 4) is 11.5 Å². The number of halogens is 4. The minimum atomic E-state index is -4.60. The lowest BCUT2D eigenvalue weighted by molar-refractivity contribution is -0.140. The molecule has 2 amide bonds. The fourth-order valence-corrected chi connectivity index (χ4v) is 4.89. The van der Waals surface area contributed by atoms with Crippen LogP contribution in [-0.4, -0.2) is 34.7 Å². The lowest BCUT2D eigenvalue weighted by Gasteiger charge is -2.17. The number of amides is 2. The molecule has 232 valence electrons. The Balaban J connectivity index is 1.53. The van der Waals surface area contributed by atoms with Gasteiger partial charge in [-0.3, -0.25) is 9.59 Å². The van der Waals surface area contributed by atoms with Crippen LogP contribution >= 0.6 is 11.8 Å². The average Bonchev–Trinajstić information content (AvgIpc) is 3.02. The summed E-state index contributed by atoms with van der Waals surface area (Å²) in [5.74, 6) is -2.23. The normalized spacial score (nSPS) is 12.2. The Morgan fingerprint density at radius 1 is 0.844 bits per heavy atom. The molecule has 0 aliphatic rings. The van der Waals surface area contributed by atoms with Crippen LogP contribution in [0.1, 0.15) is 27.0 Å². The predicted molar refractivity (Wildman–Crippen MR) is 162 cm³/mol. The van der Waals surface area contributed by atoms with E-state index in [0.29, 0.717) is 22.8 Å². The predicted octanol–water partition coefficient (Wildman–Crippen LogP) is 6.91. The Morgan fingerprint density at radius 3 is 2.02 bits per heavy atom. The lowest BCUT2D eigenvalue weighted by atomic mass is 10.1. The smallest absolute Gasteiger partial charge is 0.416 e. The van der Waals surface area contributed by atoms with E-state index in [9.17, 15) is 37.1 Å². The number of carboxylic acids is 1. The molecule has 0 bridgehead atoms. The van der Waals surface area contributed by atoms with Gasteiger partial charge in [-0.25, -0.2) is 9.18 Å². The zero-order chi connectivity index (χ0) is 32.4. The molecule has 0 aliphatic heterocycles. The summed E-state index contributed by atoms with van der Waals surface area (Å²) in [4.78, 5) is 38.2. The summed E-state index contributed by atoms with van der Waals surface area (Å²) in [5, 5.41) is 14.5. The minimum absolute atomic E-state index is 0.0194. The highest BCUT2D eigenvalue weighted by atomic mass is 32.2. The van der Waals surface area contributed by atoms with E-state index in [1.807, 2.05) is 30.3 Å². The molecule has 7 nitrogen and oxygen atoms in total. The molecule has 1 atom stereocenters. The maximum absolute atomic E-state index is 13.3. The fourth-order valence-electron chi connectivity index (χ4n) is 3.88. The zero-order valence-corrected chi connectivity index (χ0v) is 24.2. The summed E-state index contributed by atoms with van der Waals surface area (Å²) in [6.45, 7) is 0. The van der Waals surface area contributed by atoms with Crippen LogP contribution in [0.3, 0.4) is 0 Å². The summed E-state index contributed by atoms with van der Waals surface area (Å²) in [5.41, 5.74) is -0.0731. The van der Waals surface area contributed by atoms with Gasteiger partial charge in [0.25, 0.3) is 11.8 Å². The van der Waals surface area contributed by atoms with Crippen molar-refractivity contribution >= 4 is 35.6 Å². The van der Waals surface area contributed by atoms with Gasteiger partial charge in [0.1, 0.15) is 29.1 Å². The standard InChI is InChI=1S/C33H26F4N2O5S/c34-25-12-16-27(17-13-25)44-26-14-6-21(7-15-26)18-28(38-30(40)23-8-10-24(11-9-23)33(35,36)37)31(41)39-29(32(42)43)20-45-19-22-4-2-1-3-5-22/h1-18,29H,19-20H2,(H,38,40)(H,39,41)(H,42,43)/b28-18+/t29-/m0/s1. The van der Waals surface area contributed by atoms with E-state index in [1.165, 1.54) is 42.1 Å². The van der Waals surface area contributed by atoms with Crippen LogP contribution in [0.25, 0.3) is 6.08 Å². The lowest BCUT2D eigenvalue weighted by Crippen LogP contribution is -2.45. The van der Waals surface area contributed by atoms with Crippen LogP contribution in [-0.2, 0) is 21.5 Å². The van der Waals surface area contributed by atoms with E-state index in [1.54, 1.807) is 24.3 Å². The zero-order valence-electron chi connectivity index (χ0n) is 23.4. The highest BCUT2D eigenvalue weighted by Crippen LogP contribution is 2.29. The number of carbonyl (C=O) groups is 3. The number of rotatable bonds is 12. The molecule has 0 aromatic heterocycles. The van der Waals surface area contributed by atoms with Gasteiger partial charge in [0, 0.05) is 17.1 Å². The van der Waals surface area contributed by atoms with E-state index in [2.05, 4.69) is 10.6 Å². The molecule has 0 radical (unpaired) electrons. The minimum Gasteiger partial charge on any atom is -0.480 e. The molecule has 0 saturated heterocycles. The molecule has 4 aromatic carbocycles. The third-order valence-electron chi connectivity index (χ3n) is 6.21. The fraction of sp³-hybridized carbons (Fsp3) is 0.121. The monoisotopic (exact) mass is 638 g/mol. The number of carboxylic acid groups (broad SMARTS) is 1. The third-order valence-corrected chi connectivity index (χ3v) is 7.31. The summed E-state index contributed by atoms with van der Waals surface area (Å²) in [6, 6.07) is 23.0. The number of aliphatic carboxylic acids is 1. The SMILES string of the molecule is O=C(N[C@@H](CSCc1ccccc1)C(=O)O)/C(=C\c1ccc(Oc2ccc(F)cc2)cc1)NC(=O)c1ccc(C(F)(F)F)cc1. The summed E-state index contributed by atoms with van der Waals surface area (Å²) in [6.07, 6.45) is -3.31. The number of thioether (sulfide) groups is 1. The number of alkyl halides is 3. The maximum atomic E-state index is 13.3. The molecule has 0 saturated carbocycles. The Bertz CT molecular complexity index is 1640. The van der Waals surface area contributed by atoms with Crippen molar-refractivity contribution in [2.45, 2.75) is 18.0 Å². The van der Waals surface area contributed by atoms with Crippen LogP contribution in [0.5, 0.6) is 11.5 Å². The van der Waals surface area contributed by atoms with Gasteiger partial charge in [0.15, 0.2) is 0 Å². The molecule has 0 fully saturated rings. The number of benzene rings is 4. The first kappa shape index (κ1) is 32.8. The van der Waals surface area contributed by atoms with E-state index in [4.69, 9.17) is 4.74 Å². The number of ether oxygens (including phenoxy) is 1. The maximum Gasteiger partial charge on any atom is 0.416 e. The van der Waals surface area contributed by atoms with Crippen molar-refractivity contribution in [3.63, 3.8) is 0 Å². The molecular weight excluding hydrogens is 612 g/mol.